The Bertz CT molecular complexity index is 1150. The Kier molecular flexibility index (Phi) is 3.98. The van der Waals surface area contributed by atoms with E-state index in [4.69, 9.17) is 4.74 Å². The van der Waals surface area contributed by atoms with Gasteiger partial charge in [-0.3, -0.25) is 4.68 Å². The lowest BCUT2D eigenvalue weighted by atomic mass is 10.0. The van der Waals surface area contributed by atoms with Crippen molar-refractivity contribution >= 4 is 11.3 Å². The third-order valence-corrected chi connectivity index (χ3v) is 4.46. The van der Waals surface area contributed by atoms with Gasteiger partial charge in [0.15, 0.2) is 5.82 Å². The van der Waals surface area contributed by atoms with Crippen LogP contribution in [-0.2, 0) is 7.05 Å². The highest BCUT2D eigenvalue weighted by Crippen LogP contribution is 2.37. The Morgan fingerprint density at radius 3 is 2.70 bits per heavy atom. The number of fused-ring (bicyclic) bond motifs is 1. The number of nitrogens with one attached hydrogen (secondary N) is 1. The third-order valence-electron chi connectivity index (χ3n) is 4.46. The van der Waals surface area contributed by atoms with Gasteiger partial charge in [-0.2, -0.15) is 10.2 Å². The molecule has 0 radical (unpaired) electrons. The molecule has 0 amide bonds. The van der Waals surface area contributed by atoms with Crippen LogP contribution in [0.2, 0.25) is 0 Å². The van der Waals surface area contributed by atoms with Crippen molar-refractivity contribution in [3.63, 3.8) is 0 Å². The molecule has 0 aliphatic heterocycles. The van der Waals surface area contributed by atoms with Crippen LogP contribution in [0.25, 0.3) is 28.0 Å². The van der Waals surface area contributed by atoms with E-state index in [0.29, 0.717) is 45.4 Å². The van der Waals surface area contributed by atoms with Crippen molar-refractivity contribution in [2.24, 2.45) is 7.05 Å². The summed E-state index contributed by atoms with van der Waals surface area (Å²) in [6.07, 6.45) is 3.14. The number of hydrogen-bond donors (Lipinski definition) is 1. The number of aromatic nitrogens is 6. The SMILES string of the molecule is CNc1ncnn2c(C)nc(-c3cnn(C)c3-c3ccc(OC)cc3F)c12. The number of anilines is 1. The zero-order valence-corrected chi connectivity index (χ0v) is 15.4. The first-order valence-corrected chi connectivity index (χ1v) is 8.29. The number of methoxy groups -OCH3 is 1. The predicted octanol–water partition coefficient (Wildman–Crippen LogP) is 2.69. The highest BCUT2D eigenvalue weighted by Gasteiger charge is 2.23. The van der Waals surface area contributed by atoms with Crippen molar-refractivity contribution in [1.82, 2.24) is 29.4 Å². The van der Waals surface area contributed by atoms with Crippen LogP contribution in [0.4, 0.5) is 10.2 Å². The van der Waals surface area contributed by atoms with Crippen LogP contribution >= 0.6 is 0 Å². The van der Waals surface area contributed by atoms with Gasteiger partial charge in [-0.05, 0) is 19.1 Å². The lowest BCUT2D eigenvalue weighted by molar-refractivity contribution is 0.411. The molecule has 1 N–H and O–H groups in total. The van der Waals surface area contributed by atoms with Crippen molar-refractivity contribution in [3.8, 4) is 28.3 Å². The van der Waals surface area contributed by atoms with Crippen LogP contribution in [0.5, 0.6) is 5.75 Å². The molecule has 0 aliphatic carbocycles. The molecule has 0 fully saturated rings. The van der Waals surface area contributed by atoms with E-state index in [-0.39, 0.29) is 0 Å². The van der Waals surface area contributed by atoms with Gasteiger partial charge in [-0.15, -0.1) is 0 Å². The predicted molar refractivity (Wildman–Crippen MR) is 99.2 cm³/mol. The highest BCUT2D eigenvalue weighted by molar-refractivity contribution is 5.91. The number of halogens is 1. The molecule has 138 valence electrons. The minimum Gasteiger partial charge on any atom is -0.497 e. The van der Waals surface area contributed by atoms with E-state index in [0.717, 1.165) is 0 Å². The van der Waals surface area contributed by atoms with Gasteiger partial charge in [-0.25, -0.2) is 18.9 Å². The van der Waals surface area contributed by atoms with Crippen LogP contribution in [-0.4, -0.2) is 43.5 Å². The summed E-state index contributed by atoms with van der Waals surface area (Å²) in [6, 6.07) is 4.74. The molecule has 4 aromatic rings. The molecule has 8 nitrogen and oxygen atoms in total. The number of aryl methyl sites for hydroxylation is 2. The zero-order valence-electron chi connectivity index (χ0n) is 15.4. The summed E-state index contributed by atoms with van der Waals surface area (Å²) < 4.78 is 23.2. The molecule has 9 heteroatoms. The van der Waals surface area contributed by atoms with Gasteiger partial charge in [0.25, 0.3) is 0 Å². The van der Waals surface area contributed by atoms with Gasteiger partial charge in [-0.1, -0.05) is 0 Å². The largest absolute Gasteiger partial charge is 0.497 e. The Morgan fingerprint density at radius 2 is 2.00 bits per heavy atom. The van der Waals surface area contributed by atoms with E-state index < -0.39 is 5.82 Å². The summed E-state index contributed by atoms with van der Waals surface area (Å²) in [5, 5.41) is 11.7. The molecule has 1 aromatic carbocycles. The highest BCUT2D eigenvalue weighted by atomic mass is 19.1. The fourth-order valence-electron chi connectivity index (χ4n) is 3.19. The minimum atomic E-state index is -0.399. The van der Waals surface area contributed by atoms with Gasteiger partial charge < -0.3 is 10.1 Å². The Labute approximate surface area is 154 Å². The average Bonchev–Trinajstić information content (AvgIpc) is 3.22. The van der Waals surface area contributed by atoms with Gasteiger partial charge in [0.1, 0.15) is 34.9 Å². The molecule has 0 atom stereocenters. The number of benzene rings is 1. The summed E-state index contributed by atoms with van der Waals surface area (Å²) >= 11 is 0. The Morgan fingerprint density at radius 1 is 1.19 bits per heavy atom. The fraction of sp³-hybridized carbons (Fsp3) is 0.222. The van der Waals surface area contributed by atoms with Gasteiger partial charge >= 0.3 is 0 Å². The minimum absolute atomic E-state index is 0.399. The standard InChI is InChI=1S/C18H18FN7O/c1-10-24-15(17-18(20-2)21-9-23-26(10)17)13-8-22-25(3)16(13)12-6-5-11(27-4)7-14(12)19/h5-9H,1-4H3,(H,20,21,23). The lowest BCUT2D eigenvalue weighted by Gasteiger charge is -2.09. The number of ether oxygens (including phenoxy) is 1. The summed E-state index contributed by atoms with van der Waals surface area (Å²) in [7, 11) is 5.05. The zero-order chi connectivity index (χ0) is 19.1. The van der Waals surface area contributed by atoms with Crippen LogP contribution in [0.3, 0.4) is 0 Å². The van der Waals surface area contributed by atoms with E-state index in [2.05, 4.69) is 25.5 Å². The maximum Gasteiger partial charge on any atom is 0.156 e. The summed E-state index contributed by atoms with van der Waals surface area (Å²) in [5.74, 6) is 1.38. The maximum absolute atomic E-state index is 14.8. The molecule has 4 rings (SSSR count). The number of rotatable bonds is 4. The average molecular weight is 367 g/mol. The molecule has 0 saturated carbocycles. The Balaban J connectivity index is 2.00. The number of nitrogens with zero attached hydrogens (tertiary/aromatic N) is 6. The normalized spacial score (nSPS) is 11.1. The van der Waals surface area contributed by atoms with Gasteiger partial charge in [0.2, 0.25) is 0 Å². The van der Waals surface area contributed by atoms with Crippen molar-refractivity contribution in [2.75, 3.05) is 19.5 Å². The van der Waals surface area contributed by atoms with Crippen LogP contribution < -0.4 is 10.1 Å². The van der Waals surface area contributed by atoms with E-state index in [1.807, 2.05) is 6.92 Å². The van der Waals surface area contributed by atoms with Gasteiger partial charge in [0.05, 0.1) is 19.0 Å². The molecule has 27 heavy (non-hydrogen) atoms. The second-order valence-electron chi connectivity index (χ2n) is 6.00. The summed E-state index contributed by atoms with van der Waals surface area (Å²) in [4.78, 5) is 8.92. The molecule has 0 aliphatic rings. The smallest absolute Gasteiger partial charge is 0.156 e. The maximum atomic E-state index is 14.8. The fourth-order valence-corrected chi connectivity index (χ4v) is 3.19. The Hall–Kier alpha value is -3.49. The van der Waals surface area contributed by atoms with Crippen molar-refractivity contribution < 1.29 is 9.13 Å². The first-order chi connectivity index (χ1) is 13.0. The molecule has 3 aromatic heterocycles. The van der Waals surface area contributed by atoms with E-state index in [1.54, 1.807) is 41.6 Å². The van der Waals surface area contributed by atoms with E-state index in [1.165, 1.54) is 19.5 Å². The summed E-state index contributed by atoms with van der Waals surface area (Å²) in [5.41, 5.74) is 3.06. The summed E-state index contributed by atoms with van der Waals surface area (Å²) in [6.45, 7) is 1.85. The monoisotopic (exact) mass is 367 g/mol. The third kappa shape index (κ3) is 2.59. The van der Waals surface area contributed by atoms with E-state index >= 15 is 0 Å². The first-order valence-electron chi connectivity index (χ1n) is 8.29. The van der Waals surface area contributed by atoms with E-state index in [9.17, 15) is 4.39 Å². The van der Waals surface area contributed by atoms with Gasteiger partial charge in [0, 0.05) is 31.3 Å². The number of hydrogen-bond acceptors (Lipinski definition) is 6. The molecule has 0 spiro atoms. The lowest BCUT2D eigenvalue weighted by Crippen LogP contribution is -2.01. The molecule has 3 heterocycles. The number of imidazole rings is 1. The van der Waals surface area contributed by atoms with Crippen molar-refractivity contribution in [3.05, 3.63) is 42.4 Å². The first kappa shape index (κ1) is 17.0. The van der Waals surface area contributed by atoms with Crippen molar-refractivity contribution in [1.29, 1.82) is 0 Å². The quantitative estimate of drug-likeness (QED) is 0.597. The van der Waals surface area contributed by atoms with Crippen LogP contribution in [0.15, 0.2) is 30.7 Å². The molecular weight excluding hydrogens is 349 g/mol. The second kappa shape index (κ2) is 6.35. The molecular formula is C18H18FN7O. The molecule has 0 unspecified atom stereocenters. The topological polar surface area (TPSA) is 82.2 Å². The second-order valence-corrected chi connectivity index (χ2v) is 6.00. The van der Waals surface area contributed by atoms with Crippen molar-refractivity contribution in [2.45, 2.75) is 6.92 Å². The molecule has 0 bridgehead atoms. The van der Waals surface area contributed by atoms with Crippen LogP contribution in [0, 0.1) is 12.7 Å². The molecule has 0 saturated heterocycles. The van der Waals surface area contributed by atoms with Crippen LogP contribution in [0.1, 0.15) is 5.82 Å².